The van der Waals surface area contributed by atoms with Gasteiger partial charge >= 0.3 is 0 Å². The summed E-state index contributed by atoms with van der Waals surface area (Å²) in [6, 6.07) is 0. The Labute approximate surface area is 98.3 Å². The Morgan fingerprint density at radius 3 is 2.73 bits per heavy atom. The Bertz CT molecular complexity index is 154. The summed E-state index contributed by atoms with van der Waals surface area (Å²) < 4.78 is 6.04. The third kappa shape index (κ3) is 4.75. The summed E-state index contributed by atoms with van der Waals surface area (Å²) in [6.45, 7) is 3.11. The van der Waals surface area contributed by atoms with Crippen molar-refractivity contribution in [1.82, 2.24) is 0 Å². The number of hydrogen-bond acceptors (Lipinski definition) is 3. The molecule has 3 heteroatoms. The van der Waals surface area contributed by atoms with Gasteiger partial charge in [0.2, 0.25) is 0 Å². The average molecular weight is 231 g/mol. The molecule has 1 aliphatic heterocycles. The fraction of sp³-hybridized carbons (Fsp3) is 1.00. The zero-order chi connectivity index (χ0) is 11.1. The van der Waals surface area contributed by atoms with Crippen molar-refractivity contribution in [1.29, 1.82) is 0 Å². The Kier molecular flexibility index (Phi) is 6.69. The molecule has 0 amide bonds. The van der Waals surface area contributed by atoms with E-state index in [9.17, 15) is 0 Å². The molecule has 0 bridgehead atoms. The largest absolute Gasteiger partial charge is 0.364 e. The second-order valence-electron chi connectivity index (χ2n) is 4.45. The zero-order valence-corrected chi connectivity index (χ0v) is 10.9. The van der Waals surface area contributed by atoms with Crippen LogP contribution >= 0.6 is 11.8 Å². The minimum Gasteiger partial charge on any atom is -0.364 e. The lowest BCUT2D eigenvalue weighted by Gasteiger charge is -2.34. The maximum absolute atomic E-state index is 6.04. The monoisotopic (exact) mass is 231 g/mol. The SMILES string of the molecule is CCC1CC(CCCCN)OC(SC)C1. The van der Waals surface area contributed by atoms with Gasteiger partial charge in [0.05, 0.1) is 6.10 Å². The van der Waals surface area contributed by atoms with E-state index in [0.29, 0.717) is 11.5 Å². The van der Waals surface area contributed by atoms with Gasteiger partial charge in [-0.05, 0) is 50.8 Å². The van der Waals surface area contributed by atoms with Gasteiger partial charge in [-0.3, -0.25) is 0 Å². The highest BCUT2D eigenvalue weighted by Crippen LogP contribution is 2.33. The molecule has 90 valence electrons. The van der Waals surface area contributed by atoms with Gasteiger partial charge in [-0.1, -0.05) is 13.3 Å². The van der Waals surface area contributed by atoms with Crippen LogP contribution < -0.4 is 5.73 Å². The van der Waals surface area contributed by atoms with E-state index in [1.54, 1.807) is 0 Å². The Balaban J connectivity index is 2.29. The van der Waals surface area contributed by atoms with Crippen molar-refractivity contribution in [2.75, 3.05) is 12.8 Å². The first kappa shape index (κ1) is 13.3. The summed E-state index contributed by atoms with van der Waals surface area (Å²) in [6.07, 6.45) is 10.0. The third-order valence-corrected chi connectivity index (χ3v) is 4.12. The van der Waals surface area contributed by atoms with Crippen LogP contribution in [0.3, 0.4) is 0 Å². The molecule has 1 rings (SSSR count). The fourth-order valence-electron chi connectivity index (χ4n) is 2.25. The second kappa shape index (κ2) is 7.53. The van der Waals surface area contributed by atoms with Crippen LogP contribution in [0.5, 0.6) is 0 Å². The molecule has 1 heterocycles. The van der Waals surface area contributed by atoms with Crippen LogP contribution in [0.1, 0.15) is 45.4 Å². The molecule has 1 aliphatic rings. The van der Waals surface area contributed by atoms with Crippen molar-refractivity contribution in [3.8, 4) is 0 Å². The first-order valence-electron chi connectivity index (χ1n) is 6.18. The van der Waals surface area contributed by atoms with Gasteiger partial charge in [-0.15, -0.1) is 11.8 Å². The molecule has 15 heavy (non-hydrogen) atoms. The maximum atomic E-state index is 6.04. The molecule has 2 nitrogen and oxygen atoms in total. The third-order valence-electron chi connectivity index (χ3n) is 3.29. The van der Waals surface area contributed by atoms with Gasteiger partial charge in [0, 0.05) is 0 Å². The van der Waals surface area contributed by atoms with Crippen LogP contribution in [0.2, 0.25) is 0 Å². The minimum absolute atomic E-state index is 0.437. The fourth-order valence-corrected chi connectivity index (χ4v) is 2.99. The number of ether oxygens (including phenoxy) is 1. The Morgan fingerprint density at radius 2 is 2.13 bits per heavy atom. The normalized spacial score (nSPS) is 31.8. The zero-order valence-electron chi connectivity index (χ0n) is 10.1. The summed E-state index contributed by atoms with van der Waals surface area (Å²) in [7, 11) is 0. The molecular formula is C12H25NOS. The van der Waals surface area contributed by atoms with Crippen molar-refractivity contribution in [3.63, 3.8) is 0 Å². The van der Waals surface area contributed by atoms with E-state index in [-0.39, 0.29) is 0 Å². The molecule has 2 N–H and O–H groups in total. The molecule has 0 spiro atoms. The predicted molar refractivity (Wildman–Crippen MR) is 68.1 cm³/mol. The van der Waals surface area contributed by atoms with E-state index in [4.69, 9.17) is 10.5 Å². The molecule has 1 fully saturated rings. The van der Waals surface area contributed by atoms with Crippen molar-refractivity contribution in [3.05, 3.63) is 0 Å². The van der Waals surface area contributed by atoms with Gasteiger partial charge in [0.1, 0.15) is 5.44 Å². The van der Waals surface area contributed by atoms with Crippen molar-refractivity contribution >= 4 is 11.8 Å². The summed E-state index contributed by atoms with van der Waals surface area (Å²) in [5, 5.41) is 0. The van der Waals surface area contributed by atoms with E-state index in [0.717, 1.165) is 18.9 Å². The van der Waals surface area contributed by atoms with Crippen molar-refractivity contribution in [2.45, 2.75) is 57.0 Å². The lowest BCUT2D eigenvalue weighted by molar-refractivity contribution is -0.0329. The van der Waals surface area contributed by atoms with Gasteiger partial charge < -0.3 is 10.5 Å². The molecule has 0 aromatic carbocycles. The van der Waals surface area contributed by atoms with Gasteiger partial charge in [-0.25, -0.2) is 0 Å². The van der Waals surface area contributed by atoms with E-state index in [2.05, 4.69) is 13.2 Å². The van der Waals surface area contributed by atoms with E-state index >= 15 is 0 Å². The summed E-state index contributed by atoms with van der Waals surface area (Å²) in [5.41, 5.74) is 5.94. The standard InChI is InChI=1S/C12H25NOS/c1-3-10-8-11(6-4-5-7-13)14-12(9-10)15-2/h10-12H,3-9,13H2,1-2H3. The molecular weight excluding hydrogens is 206 g/mol. The molecule has 0 aromatic heterocycles. The molecule has 3 unspecified atom stereocenters. The van der Waals surface area contributed by atoms with Crippen LogP contribution in [-0.2, 0) is 4.74 Å². The highest BCUT2D eigenvalue weighted by molar-refractivity contribution is 7.99. The number of rotatable bonds is 6. The number of unbranched alkanes of at least 4 members (excludes halogenated alkanes) is 1. The molecule has 0 saturated carbocycles. The van der Waals surface area contributed by atoms with Gasteiger partial charge in [0.15, 0.2) is 0 Å². The van der Waals surface area contributed by atoms with Crippen LogP contribution in [0.4, 0.5) is 0 Å². The quantitative estimate of drug-likeness (QED) is 0.714. The minimum atomic E-state index is 0.437. The van der Waals surface area contributed by atoms with Gasteiger partial charge in [-0.2, -0.15) is 0 Å². The lowest BCUT2D eigenvalue weighted by Crippen LogP contribution is -2.30. The summed E-state index contributed by atoms with van der Waals surface area (Å²) in [4.78, 5) is 0. The van der Waals surface area contributed by atoms with Crippen LogP contribution in [0.25, 0.3) is 0 Å². The van der Waals surface area contributed by atoms with E-state index < -0.39 is 0 Å². The molecule has 0 radical (unpaired) electrons. The van der Waals surface area contributed by atoms with Crippen molar-refractivity contribution in [2.24, 2.45) is 11.7 Å². The maximum Gasteiger partial charge on any atom is 0.103 e. The molecule has 0 aliphatic carbocycles. The van der Waals surface area contributed by atoms with Crippen LogP contribution in [-0.4, -0.2) is 24.3 Å². The number of hydrogen-bond donors (Lipinski definition) is 1. The Morgan fingerprint density at radius 1 is 1.33 bits per heavy atom. The second-order valence-corrected chi connectivity index (χ2v) is 5.45. The first-order valence-corrected chi connectivity index (χ1v) is 7.47. The lowest BCUT2D eigenvalue weighted by atomic mass is 9.91. The summed E-state index contributed by atoms with van der Waals surface area (Å²) >= 11 is 1.86. The molecule has 1 saturated heterocycles. The first-order chi connectivity index (χ1) is 7.30. The smallest absolute Gasteiger partial charge is 0.103 e. The summed E-state index contributed by atoms with van der Waals surface area (Å²) in [5.74, 6) is 0.874. The highest BCUT2D eigenvalue weighted by Gasteiger charge is 2.27. The van der Waals surface area contributed by atoms with Crippen molar-refractivity contribution < 1.29 is 4.74 Å². The average Bonchev–Trinajstić information content (AvgIpc) is 2.29. The molecule has 3 atom stereocenters. The molecule has 0 aromatic rings. The van der Waals surface area contributed by atoms with E-state index in [1.807, 2.05) is 11.8 Å². The number of nitrogens with two attached hydrogens (primary N) is 1. The van der Waals surface area contributed by atoms with Gasteiger partial charge in [0.25, 0.3) is 0 Å². The predicted octanol–water partition coefficient (Wildman–Crippen LogP) is 3.01. The highest BCUT2D eigenvalue weighted by atomic mass is 32.2. The number of thioether (sulfide) groups is 1. The Hall–Kier alpha value is 0.270. The topological polar surface area (TPSA) is 35.2 Å². The van der Waals surface area contributed by atoms with Crippen LogP contribution in [0.15, 0.2) is 0 Å². The van der Waals surface area contributed by atoms with Crippen LogP contribution in [0, 0.1) is 5.92 Å². The van der Waals surface area contributed by atoms with E-state index in [1.165, 1.54) is 32.1 Å².